The number of aryl methyl sites for hydroxylation is 1. The molecular weight excluding hydrogens is 238 g/mol. The summed E-state index contributed by atoms with van der Waals surface area (Å²) in [6.45, 7) is 10.6. The van der Waals surface area contributed by atoms with Crippen LogP contribution in [0.2, 0.25) is 0 Å². The zero-order valence-electron chi connectivity index (χ0n) is 12.3. The fourth-order valence-corrected chi connectivity index (χ4v) is 2.22. The van der Waals surface area contributed by atoms with Crippen LogP contribution in [0.3, 0.4) is 0 Å². The van der Waals surface area contributed by atoms with Gasteiger partial charge in [0.2, 0.25) is 0 Å². The maximum absolute atomic E-state index is 10.5. The molecule has 0 aliphatic heterocycles. The molecule has 0 aromatic heterocycles. The lowest BCUT2D eigenvalue weighted by Gasteiger charge is -2.28. The summed E-state index contributed by atoms with van der Waals surface area (Å²) in [5.41, 5.74) is 1.94. The molecule has 3 nitrogen and oxygen atoms in total. The number of methoxy groups -OCH3 is 1. The van der Waals surface area contributed by atoms with Crippen LogP contribution in [0.25, 0.3) is 0 Å². The van der Waals surface area contributed by atoms with Crippen molar-refractivity contribution in [2.24, 2.45) is 5.92 Å². The molecule has 0 heterocycles. The zero-order chi connectivity index (χ0) is 14.4. The van der Waals surface area contributed by atoms with Crippen LogP contribution in [0.5, 0.6) is 5.75 Å². The Labute approximate surface area is 116 Å². The minimum atomic E-state index is -0.537. The Bertz CT molecular complexity index is 415. The summed E-state index contributed by atoms with van der Waals surface area (Å²) in [5.74, 6) is 1.17. The molecule has 0 bridgehead atoms. The first kappa shape index (κ1) is 15.7. The SMILES string of the molecule is C=CCNC(C(C)C)C(O)c1ccc(OC)c(C)c1. The van der Waals surface area contributed by atoms with Crippen molar-refractivity contribution in [3.8, 4) is 5.75 Å². The topological polar surface area (TPSA) is 41.5 Å². The van der Waals surface area contributed by atoms with Gasteiger partial charge in [-0.25, -0.2) is 0 Å². The van der Waals surface area contributed by atoms with Gasteiger partial charge in [0.1, 0.15) is 5.75 Å². The lowest BCUT2D eigenvalue weighted by molar-refractivity contribution is 0.107. The van der Waals surface area contributed by atoms with E-state index in [-0.39, 0.29) is 6.04 Å². The van der Waals surface area contributed by atoms with E-state index < -0.39 is 6.10 Å². The summed E-state index contributed by atoms with van der Waals surface area (Å²) in [6.07, 6.45) is 1.27. The van der Waals surface area contributed by atoms with Crippen LogP contribution in [-0.4, -0.2) is 24.8 Å². The van der Waals surface area contributed by atoms with Gasteiger partial charge in [-0.15, -0.1) is 6.58 Å². The van der Waals surface area contributed by atoms with Gasteiger partial charge in [-0.05, 0) is 36.1 Å². The fraction of sp³-hybridized carbons (Fsp3) is 0.500. The van der Waals surface area contributed by atoms with Gasteiger partial charge in [-0.2, -0.15) is 0 Å². The summed E-state index contributed by atoms with van der Waals surface area (Å²) in [5, 5.41) is 13.8. The second kappa shape index (κ2) is 7.31. The maximum Gasteiger partial charge on any atom is 0.121 e. The Morgan fingerprint density at radius 3 is 2.58 bits per heavy atom. The minimum Gasteiger partial charge on any atom is -0.496 e. The second-order valence-corrected chi connectivity index (χ2v) is 5.14. The normalized spacial score (nSPS) is 14.2. The molecule has 2 atom stereocenters. The van der Waals surface area contributed by atoms with Crippen molar-refractivity contribution in [3.05, 3.63) is 42.0 Å². The molecule has 1 aromatic carbocycles. The second-order valence-electron chi connectivity index (χ2n) is 5.14. The molecule has 0 aliphatic rings. The molecule has 19 heavy (non-hydrogen) atoms. The van der Waals surface area contributed by atoms with Crippen LogP contribution >= 0.6 is 0 Å². The number of hydrogen-bond donors (Lipinski definition) is 2. The van der Waals surface area contributed by atoms with Crippen LogP contribution in [0.1, 0.15) is 31.1 Å². The van der Waals surface area contributed by atoms with Crippen LogP contribution in [0.4, 0.5) is 0 Å². The molecule has 0 radical (unpaired) electrons. The van der Waals surface area contributed by atoms with Crippen molar-refractivity contribution in [1.29, 1.82) is 0 Å². The van der Waals surface area contributed by atoms with Gasteiger partial charge in [-0.1, -0.05) is 26.0 Å². The molecule has 1 aromatic rings. The number of aliphatic hydroxyl groups is 1. The van der Waals surface area contributed by atoms with Crippen LogP contribution in [0, 0.1) is 12.8 Å². The molecule has 2 N–H and O–H groups in total. The molecule has 0 fully saturated rings. The van der Waals surface area contributed by atoms with Crippen LogP contribution < -0.4 is 10.1 Å². The van der Waals surface area contributed by atoms with E-state index in [4.69, 9.17) is 4.74 Å². The van der Waals surface area contributed by atoms with E-state index in [1.807, 2.05) is 25.1 Å². The third-order valence-corrected chi connectivity index (χ3v) is 3.32. The summed E-state index contributed by atoms with van der Waals surface area (Å²) < 4.78 is 5.24. The maximum atomic E-state index is 10.5. The minimum absolute atomic E-state index is 0.00537. The lowest BCUT2D eigenvalue weighted by Crippen LogP contribution is -2.39. The van der Waals surface area contributed by atoms with E-state index in [2.05, 4.69) is 25.7 Å². The van der Waals surface area contributed by atoms with Crippen LogP contribution in [-0.2, 0) is 0 Å². The van der Waals surface area contributed by atoms with E-state index in [1.165, 1.54) is 0 Å². The summed E-state index contributed by atoms with van der Waals surface area (Å²) in [7, 11) is 1.65. The van der Waals surface area contributed by atoms with E-state index in [9.17, 15) is 5.11 Å². The summed E-state index contributed by atoms with van der Waals surface area (Å²) >= 11 is 0. The van der Waals surface area contributed by atoms with E-state index >= 15 is 0 Å². The highest BCUT2D eigenvalue weighted by molar-refractivity contribution is 5.37. The third kappa shape index (κ3) is 4.08. The Kier molecular flexibility index (Phi) is 6.06. The first-order valence-corrected chi connectivity index (χ1v) is 6.68. The highest BCUT2D eigenvalue weighted by Crippen LogP contribution is 2.26. The molecule has 0 amide bonds. The van der Waals surface area contributed by atoms with E-state index in [0.29, 0.717) is 12.5 Å². The Hall–Kier alpha value is -1.32. The molecule has 0 saturated carbocycles. The highest BCUT2D eigenvalue weighted by Gasteiger charge is 2.23. The van der Waals surface area contributed by atoms with Crippen molar-refractivity contribution >= 4 is 0 Å². The Morgan fingerprint density at radius 1 is 1.42 bits per heavy atom. The highest BCUT2D eigenvalue weighted by atomic mass is 16.5. The predicted octanol–water partition coefficient (Wildman–Crippen LogP) is 2.84. The van der Waals surface area contributed by atoms with Crippen molar-refractivity contribution in [1.82, 2.24) is 5.32 Å². The molecule has 0 aliphatic carbocycles. The van der Waals surface area contributed by atoms with Gasteiger partial charge in [-0.3, -0.25) is 0 Å². The number of ether oxygens (including phenoxy) is 1. The lowest BCUT2D eigenvalue weighted by atomic mass is 9.92. The molecule has 0 spiro atoms. The Morgan fingerprint density at radius 2 is 2.11 bits per heavy atom. The van der Waals surface area contributed by atoms with Crippen LogP contribution in [0.15, 0.2) is 30.9 Å². The smallest absolute Gasteiger partial charge is 0.121 e. The van der Waals surface area contributed by atoms with Crippen molar-refractivity contribution in [2.75, 3.05) is 13.7 Å². The molecule has 3 heteroatoms. The van der Waals surface area contributed by atoms with E-state index in [0.717, 1.165) is 16.9 Å². The first-order chi connectivity index (χ1) is 9.01. The van der Waals surface area contributed by atoms with Gasteiger partial charge >= 0.3 is 0 Å². The van der Waals surface area contributed by atoms with Gasteiger partial charge in [0.25, 0.3) is 0 Å². The summed E-state index contributed by atoms with van der Waals surface area (Å²) in [4.78, 5) is 0. The van der Waals surface area contributed by atoms with Crippen molar-refractivity contribution in [2.45, 2.75) is 32.9 Å². The number of nitrogens with one attached hydrogen (secondary N) is 1. The fourth-order valence-electron chi connectivity index (χ4n) is 2.22. The average Bonchev–Trinajstić information content (AvgIpc) is 2.38. The van der Waals surface area contributed by atoms with Gasteiger partial charge in [0.15, 0.2) is 0 Å². The Balaban J connectivity index is 2.92. The third-order valence-electron chi connectivity index (χ3n) is 3.32. The number of hydrogen-bond acceptors (Lipinski definition) is 3. The molecule has 0 saturated heterocycles. The first-order valence-electron chi connectivity index (χ1n) is 6.68. The quantitative estimate of drug-likeness (QED) is 0.743. The monoisotopic (exact) mass is 263 g/mol. The zero-order valence-corrected chi connectivity index (χ0v) is 12.3. The van der Waals surface area contributed by atoms with Crippen molar-refractivity contribution < 1.29 is 9.84 Å². The predicted molar refractivity (Wildman–Crippen MR) is 79.5 cm³/mol. The molecule has 106 valence electrons. The molecular formula is C16H25NO2. The van der Waals surface area contributed by atoms with Gasteiger partial charge in [0, 0.05) is 12.6 Å². The number of aliphatic hydroxyl groups excluding tert-OH is 1. The molecule has 2 unspecified atom stereocenters. The average molecular weight is 263 g/mol. The van der Waals surface area contributed by atoms with E-state index in [1.54, 1.807) is 13.2 Å². The van der Waals surface area contributed by atoms with Gasteiger partial charge < -0.3 is 15.2 Å². The largest absolute Gasteiger partial charge is 0.496 e. The van der Waals surface area contributed by atoms with Crippen molar-refractivity contribution in [3.63, 3.8) is 0 Å². The number of benzene rings is 1. The van der Waals surface area contributed by atoms with Gasteiger partial charge in [0.05, 0.1) is 13.2 Å². The summed E-state index contributed by atoms with van der Waals surface area (Å²) in [6, 6.07) is 5.81. The standard InChI is InChI=1S/C16H25NO2/c1-6-9-17-15(11(2)3)16(18)13-7-8-14(19-5)12(4)10-13/h6-8,10-11,15-18H,1,9H2,2-5H3. The number of rotatable bonds is 7. The molecule has 1 rings (SSSR count).